The summed E-state index contributed by atoms with van der Waals surface area (Å²) in [7, 11) is -3.72. The number of rotatable bonds is 6. The highest BCUT2D eigenvalue weighted by Gasteiger charge is 2.36. The number of hydrogen-bond donors (Lipinski definition) is 1. The van der Waals surface area contributed by atoms with E-state index >= 15 is 0 Å². The van der Waals surface area contributed by atoms with Crippen LogP contribution in [0.3, 0.4) is 0 Å². The molecule has 7 nitrogen and oxygen atoms in total. The monoisotopic (exact) mass is 420 g/mol. The molecule has 4 rings (SSSR count). The third-order valence-electron chi connectivity index (χ3n) is 5.22. The lowest BCUT2D eigenvalue weighted by Gasteiger charge is -2.36. The maximum Gasteiger partial charge on any atom is 0.336 e. The molecule has 0 saturated carbocycles. The molecule has 1 N–H and O–H groups in total. The van der Waals surface area contributed by atoms with E-state index in [1.165, 1.54) is 17.0 Å². The minimum absolute atomic E-state index is 0.203. The van der Waals surface area contributed by atoms with Gasteiger partial charge in [0.15, 0.2) is 0 Å². The number of unbranched alkanes of at least 4 members (excludes halogenated alkanes) is 1. The number of carbonyl (C=O) groups excluding carboxylic acids is 1. The number of carbonyl (C=O) groups is 1. The fraction of sp³-hybridized carbons (Fsp3) is 0.421. The number of urea groups is 1. The number of nitrogens with zero attached hydrogens (tertiary/aromatic N) is 3. The van der Waals surface area contributed by atoms with Crippen molar-refractivity contribution in [1.29, 1.82) is 0 Å². The summed E-state index contributed by atoms with van der Waals surface area (Å²) in [6, 6.07) is 11.4. The zero-order valence-corrected chi connectivity index (χ0v) is 17.2. The van der Waals surface area contributed by atoms with Crippen molar-refractivity contribution in [2.24, 2.45) is 0 Å². The van der Waals surface area contributed by atoms with E-state index in [9.17, 15) is 13.2 Å². The van der Waals surface area contributed by atoms with Gasteiger partial charge in [-0.15, -0.1) is 11.3 Å². The maximum absolute atomic E-state index is 12.6. The summed E-state index contributed by atoms with van der Waals surface area (Å²) in [6.07, 6.45) is 1.52. The quantitative estimate of drug-likeness (QED) is 0.728. The van der Waals surface area contributed by atoms with Crippen LogP contribution in [0.1, 0.15) is 12.8 Å². The molecule has 1 saturated heterocycles. The van der Waals surface area contributed by atoms with E-state index in [1.807, 2.05) is 6.07 Å². The van der Waals surface area contributed by atoms with Gasteiger partial charge in [0.25, 0.3) is 10.0 Å². The van der Waals surface area contributed by atoms with E-state index in [2.05, 4.69) is 39.4 Å². The molecule has 2 aliphatic heterocycles. The summed E-state index contributed by atoms with van der Waals surface area (Å²) in [5.41, 5.74) is 1.26. The predicted molar refractivity (Wildman–Crippen MR) is 112 cm³/mol. The molecule has 28 heavy (non-hydrogen) atoms. The summed E-state index contributed by atoms with van der Waals surface area (Å²) < 4.78 is 26.2. The second-order valence-electron chi connectivity index (χ2n) is 6.99. The number of hydrogen-bond acceptors (Lipinski definition) is 6. The molecule has 9 heteroatoms. The van der Waals surface area contributed by atoms with Crippen molar-refractivity contribution in [3.63, 3.8) is 0 Å². The number of fused-ring (bicyclic) bond motifs is 1. The van der Waals surface area contributed by atoms with Crippen molar-refractivity contribution in [2.75, 3.05) is 49.5 Å². The molecule has 150 valence electrons. The van der Waals surface area contributed by atoms with Gasteiger partial charge in [0.1, 0.15) is 9.90 Å². The second kappa shape index (κ2) is 8.10. The van der Waals surface area contributed by atoms with Crippen LogP contribution in [-0.2, 0) is 10.0 Å². The van der Waals surface area contributed by atoms with E-state index in [4.69, 9.17) is 0 Å². The first-order valence-electron chi connectivity index (χ1n) is 9.49. The lowest BCUT2D eigenvalue weighted by atomic mass is 10.2. The molecular formula is C19H24N4O3S2. The van der Waals surface area contributed by atoms with Crippen molar-refractivity contribution < 1.29 is 13.2 Å². The number of piperazine rings is 1. The molecule has 0 aliphatic carbocycles. The lowest BCUT2D eigenvalue weighted by molar-refractivity contribution is 0.230. The SMILES string of the molecule is O=C1Nc2sccc2S(=O)(=O)N1CCCCN1CCN(c2ccccc2)CC1. The summed E-state index contributed by atoms with van der Waals surface area (Å²) in [4.78, 5) is 17.2. The fourth-order valence-corrected chi connectivity index (χ4v) is 6.27. The largest absolute Gasteiger partial charge is 0.369 e. The standard InChI is InChI=1S/C19H24N4O3S2/c24-19-20-18-17(8-15-27-18)28(25,26)23(19)10-5-4-9-21-11-13-22(14-12-21)16-6-2-1-3-7-16/h1-3,6-8,15H,4-5,9-14H2,(H,20,24). The van der Waals surface area contributed by atoms with E-state index in [-0.39, 0.29) is 11.4 Å². The van der Waals surface area contributed by atoms with Gasteiger partial charge in [0.2, 0.25) is 0 Å². The molecular weight excluding hydrogens is 396 g/mol. The first-order valence-corrected chi connectivity index (χ1v) is 11.8. The number of para-hydroxylation sites is 1. The molecule has 2 amide bonds. The van der Waals surface area contributed by atoms with Crippen LogP contribution in [0.25, 0.3) is 0 Å². The number of benzene rings is 1. The van der Waals surface area contributed by atoms with Gasteiger partial charge >= 0.3 is 6.03 Å². The Bertz CT molecular complexity index is 922. The maximum atomic E-state index is 12.6. The molecule has 0 atom stereocenters. The van der Waals surface area contributed by atoms with E-state index in [0.717, 1.165) is 43.4 Å². The van der Waals surface area contributed by atoms with Gasteiger partial charge in [-0.3, -0.25) is 10.2 Å². The molecule has 0 unspecified atom stereocenters. The molecule has 2 aliphatic rings. The fourth-order valence-electron chi connectivity index (χ4n) is 3.66. The molecule has 0 spiro atoms. The topological polar surface area (TPSA) is 73.0 Å². The number of sulfonamides is 1. The van der Waals surface area contributed by atoms with E-state index < -0.39 is 16.1 Å². The van der Waals surface area contributed by atoms with Crippen LogP contribution >= 0.6 is 11.3 Å². The first kappa shape index (κ1) is 19.2. The van der Waals surface area contributed by atoms with Gasteiger partial charge < -0.3 is 4.90 Å². The zero-order chi connectivity index (χ0) is 19.6. The van der Waals surface area contributed by atoms with Crippen LogP contribution in [0, 0.1) is 0 Å². The Morgan fingerprint density at radius 3 is 2.43 bits per heavy atom. The Balaban J connectivity index is 1.23. The van der Waals surface area contributed by atoms with Gasteiger partial charge in [0, 0.05) is 38.4 Å². The van der Waals surface area contributed by atoms with Gasteiger partial charge in [0.05, 0.1) is 0 Å². The Labute approximate surface area is 169 Å². The third-order valence-corrected chi connectivity index (χ3v) is 8.01. The number of nitrogens with one attached hydrogen (secondary N) is 1. The van der Waals surface area contributed by atoms with E-state index in [1.54, 1.807) is 11.4 Å². The Morgan fingerprint density at radius 1 is 0.964 bits per heavy atom. The smallest absolute Gasteiger partial charge is 0.336 e. The second-order valence-corrected chi connectivity index (χ2v) is 9.74. The average Bonchev–Trinajstić information content (AvgIpc) is 3.18. The van der Waals surface area contributed by atoms with Crippen molar-refractivity contribution in [2.45, 2.75) is 17.7 Å². The van der Waals surface area contributed by atoms with Crippen LogP contribution in [0.4, 0.5) is 15.5 Å². The summed E-state index contributed by atoms with van der Waals surface area (Å²) in [5.74, 6) is 0. The Kier molecular flexibility index (Phi) is 5.56. The third kappa shape index (κ3) is 3.87. The zero-order valence-electron chi connectivity index (χ0n) is 15.6. The van der Waals surface area contributed by atoms with Crippen LogP contribution in [0.5, 0.6) is 0 Å². The molecule has 1 fully saturated rings. The predicted octanol–water partition coefficient (Wildman–Crippen LogP) is 2.89. The van der Waals surface area contributed by atoms with Crippen LogP contribution < -0.4 is 10.2 Å². The molecule has 2 aromatic rings. The normalized spacial score (nSPS) is 19.4. The highest BCUT2D eigenvalue weighted by molar-refractivity contribution is 7.90. The van der Waals surface area contributed by atoms with Gasteiger partial charge in [-0.1, -0.05) is 18.2 Å². The highest BCUT2D eigenvalue weighted by atomic mass is 32.2. The lowest BCUT2D eigenvalue weighted by Crippen LogP contribution is -2.47. The molecule has 1 aromatic carbocycles. The Hall–Kier alpha value is -2.10. The number of anilines is 2. The molecule has 0 radical (unpaired) electrons. The number of amides is 2. The van der Waals surface area contributed by atoms with Gasteiger partial charge in [-0.25, -0.2) is 17.5 Å². The molecule has 1 aromatic heterocycles. The van der Waals surface area contributed by atoms with Crippen LogP contribution in [0.2, 0.25) is 0 Å². The first-order chi connectivity index (χ1) is 13.6. The summed E-state index contributed by atoms with van der Waals surface area (Å²) >= 11 is 1.23. The summed E-state index contributed by atoms with van der Waals surface area (Å²) in [6.45, 7) is 5.11. The minimum atomic E-state index is -3.72. The minimum Gasteiger partial charge on any atom is -0.369 e. The van der Waals surface area contributed by atoms with E-state index in [0.29, 0.717) is 11.4 Å². The van der Waals surface area contributed by atoms with Gasteiger partial charge in [-0.05, 0) is 43.0 Å². The summed E-state index contributed by atoms with van der Waals surface area (Å²) in [5, 5.41) is 4.76. The molecule has 3 heterocycles. The van der Waals surface area contributed by atoms with Crippen LogP contribution in [-0.4, -0.2) is 62.9 Å². The van der Waals surface area contributed by atoms with Gasteiger partial charge in [-0.2, -0.15) is 0 Å². The Morgan fingerprint density at radius 2 is 1.68 bits per heavy atom. The number of thiophene rings is 1. The van der Waals surface area contributed by atoms with Crippen molar-refractivity contribution >= 4 is 38.1 Å². The highest BCUT2D eigenvalue weighted by Crippen LogP contribution is 2.34. The van der Waals surface area contributed by atoms with Crippen molar-refractivity contribution in [1.82, 2.24) is 9.21 Å². The average molecular weight is 421 g/mol. The van der Waals surface area contributed by atoms with Crippen LogP contribution in [0.15, 0.2) is 46.7 Å². The van der Waals surface area contributed by atoms with Crippen molar-refractivity contribution in [3.8, 4) is 0 Å². The molecule has 0 bridgehead atoms. The van der Waals surface area contributed by atoms with Crippen molar-refractivity contribution in [3.05, 3.63) is 41.8 Å².